The summed E-state index contributed by atoms with van der Waals surface area (Å²) in [6, 6.07) is 14.7. The Balaban J connectivity index is 1.98. The van der Waals surface area contributed by atoms with E-state index in [1.54, 1.807) is 24.3 Å². The number of carbonyl (C=O) groups excluding carboxylic acids is 1. The molecule has 0 radical (unpaired) electrons. The van der Waals surface area contributed by atoms with Crippen LogP contribution in [0.1, 0.15) is 29.9 Å². The Hall–Kier alpha value is -3.94. The van der Waals surface area contributed by atoms with Crippen molar-refractivity contribution >= 4 is 17.1 Å². The molecule has 1 amide bonds. The largest absolute Gasteiger partial charge is 0.494 e. The molecule has 152 valence electrons. The number of imidazole rings is 1. The van der Waals surface area contributed by atoms with Crippen LogP contribution in [0.25, 0.3) is 28.2 Å². The van der Waals surface area contributed by atoms with E-state index in [9.17, 15) is 9.59 Å². The minimum Gasteiger partial charge on any atom is -0.494 e. The van der Waals surface area contributed by atoms with Gasteiger partial charge in [0.05, 0.1) is 12.3 Å². The molecule has 0 fully saturated rings. The Kier molecular flexibility index (Phi) is 5.05. The highest BCUT2D eigenvalue weighted by Gasteiger charge is 2.21. The number of primary amides is 1. The number of aryl methyl sites for hydroxylation is 1. The summed E-state index contributed by atoms with van der Waals surface area (Å²) in [6.45, 7) is 4.47. The maximum Gasteiger partial charge on any atom is 0.332 e. The zero-order valence-electron chi connectivity index (χ0n) is 16.7. The monoisotopic (exact) mass is 403 g/mol. The van der Waals surface area contributed by atoms with Crippen molar-refractivity contribution in [3.63, 3.8) is 0 Å². The molecule has 0 saturated heterocycles. The highest BCUT2D eigenvalue weighted by molar-refractivity contribution is 6.02. The van der Waals surface area contributed by atoms with Gasteiger partial charge in [-0.15, -0.1) is 0 Å². The van der Waals surface area contributed by atoms with Crippen LogP contribution in [-0.4, -0.2) is 32.0 Å². The van der Waals surface area contributed by atoms with Crippen LogP contribution >= 0.6 is 0 Å². The van der Waals surface area contributed by atoms with Crippen molar-refractivity contribution in [3.8, 4) is 22.8 Å². The standard InChI is InChI=1S/C22H21N5O3/c1-3-13-7-5-6-8-16(13)27-21-18(25-22(27)29)17(19(23)28)24-20(26-21)14-9-11-15(12-10-14)30-4-2/h5-12H,3-4H2,1-2H3,(H2,23,28)(H,25,29). The average Bonchev–Trinajstić information content (AvgIpc) is 3.09. The minimum atomic E-state index is -0.744. The summed E-state index contributed by atoms with van der Waals surface area (Å²) in [5.41, 5.74) is 7.98. The fourth-order valence-electron chi connectivity index (χ4n) is 3.41. The van der Waals surface area contributed by atoms with Gasteiger partial charge < -0.3 is 15.5 Å². The molecule has 30 heavy (non-hydrogen) atoms. The molecular formula is C22H21N5O3. The number of amides is 1. The molecular weight excluding hydrogens is 382 g/mol. The summed E-state index contributed by atoms with van der Waals surface area (Å²) in [6.07, 6.45) is 0.731. The van der Waals surface area contributed by atoms with Crippen LogP contribution in [0, 0.1) is 0 Å². The van der Waals surface area contributed by atoms with Crippen LogP contribution in [0.3, 0.4) is 0 Å². The van der Waals surface area contributed by atoms with Crippen molar-refractivity contribution in [1.29, 1.82) is 0 Å². The molecule has 0 aliphatic carbocycles. The number of para-hydroxylation sites is 1. The van der Waals surface area contributed by atoms with Gasteiger partial charge in [-0.3, -0.25) is 4.79 Å². The van der Waals surface area contributed by atoms with Crippen molar-refractivity contribution in [2.24, 2.45) is 5.73 Å². The van der Waals surface area contributed by atoms with Crippen molar-refractivity contribution in [1.82, 2.24) is 19.5 Å². The molecule has 0 atom stereocenters. The number of H-pyrrole nitrogens is 1. The first kappa shape index (κ1) is 19.4. The highest BCUT2D eigenvalue weighted by atomic mass is 16.5. The third-order valence-corrected chi connectivity index (χ3v) is 4.81. The average molecular weight is 403 g/mol. The summed E-state index contributed by atoms with van der Waals surface area (Å²) < 4.78 is 6.93. The summed E-state index contributed by atoms with van der Waals surface area (Å²) >= 11 is 0. The van der Waals surface area contributed by atoms with Gasteiger partial charge in [-0.25, -0.2) is 19.3 Å². The minimum absolute atomic E-state index is 0.0336. The van der Waals surface area contributed by atoms with Gasteiger partial charge in [0.1, 0.15) is 11.3 Å². The number of aromatic nitrogens is 4. The molecule has 0 bridgehead atoms. The number of carbonyl (C=O) groups is 1. The number of hydrogen-bond donors (Lipinski definition) is 2. The summed E-state index contributed by atoms with van der Waals surface area (Å²) in [5.74, 6) is 0.265. The van der Waals surface area contributed by atoms with Gasteiger partial charge in [0, 0.05) is 5.56 Å². The predicted octanol–water partition coefficient (Wildman–Crippen LogP) is 2.84. The van der Waals surface area contributed by atoms with Crippen molar-refractivity contribution in [2.45, 2.75) is 20.3 Å². The molecule has 0 spiro atoms. The van der Waals surface area contributed by atoms with Crippen LogP contribution in [0.2, 0.25) is 0 Å². The molecule has 8 heteroatoms. The molecule has 4 rings (SSSR count). The lowest BCUT2D eigenvalue weighted by atomic mass is 10.1. The topological polar surface area (TPSA) is 116 Å². The Bertz CT molecular complexity index is 1290. The number of nitrogens with one attached hydrogen (secondary N) is 1. The summed E-state index contributed by atoms with van der Waals surface area (Å²) in [4.78, 5) is 36.5. The lowest BCUT2D eigenvalue weighted by Gasteiger charge is -2.10. The molecule has 0 unspecified atom stereocenters. The Morgan fingerprint density at radius 2 is 1.83 bits per heavy atom. The first-order valence-corrected chi connectivity index (χ1v) is 9.67. The first-order valence-electron chi connectivity index (χ1n) is 9.67. The number of nitrogens with two attached hydrogens (primary N) is 1. The Morgan fingerprint density at radius 3 is 2.50 bits per heavy atom. The normalized spacial score (nSPS) is 11.0. The fraction of sp³-hybridized carbons (Fsp3) is 0.182. The van der Waals surface area contributed by atoms with Gasteiger partial charge in [-0.2, -0.15) is 0 Å². The predicted molar refractivity (Wildman–Crippen MR) is 114 cm³/mol. The molecule has 2 aromatic carbocycles. The van der Waals surface area contributed by atoms with Crippen molar-refractivity contribution < 1.29 is 9.53 Å². The fourth-order valence-corrected chi connectivity index (χ4v) is 3.41. The quantitative estimate of drug-likeness (QED) is 0.514. The highest BCUT2D eigenvalue weighted by Crippen LogP contribution is 2.25. The van der Waals surface area contributed by atoms with E-state index in [2.05, 4.69) is 15.0 Å². The maximum atomic E-state index is 12.8. The van der Waals surface area contributed by atoms with E-state index in [1.165, 1.54) is 4.57 Å². The van der Waals surface area contributed by atoms with Gasteiger partial charge >= 0.3 is 5.69 Å². The second-order valence-corrected chi connectivity index (χ2v) is 6.66. The van der Waals surface area contributed by atoms with E-state index < -0.39 is 11.6 Å². The van der Waals surface area contributed by atoms with E-state index in [4.69, 9.17) is 10.5 Å². The molecule has 0 aliphatic rings. The van der Waals surface area contributed by atoms with E-state index in [0.717, 1.165) is 12.0 Å². The second-order valence-electron chi connectivity index (χ2n) is 6.66. The van der Waals surface area contributed by atoms with Crippen LogP contribution in [0.5, 0.6) is 5.75 Å². The molecule has 0 aliphatic heterocycles. The summed E-state index contributed by atoms with van der Waals surface area (Å²) in [5, 5.41) is 0. The molecule has 0 saturated carbocycles. The van der Waals surface area contributed by atoms with Gasteiger partial charge in [0.2, 0.25) is 0 Å². The maximum absolute atomic E-state index is 12.8. The zero-order valence-corrected chi connectivity index (χ0v) is 16.7. The number of fused-ring (bicyclic) bond motifs is 1. The van der Waals surface area contributed by atoms with Crippen molar-refractivity contribution in [2.75, 3.05) is 6.61 Å². The van der Waals surface area contributed by atoms with Crippen LogP contribution in [0.4, 0.5) is 0 Å². The molecule has 8 nitrogen and oxygen atoms in total. The van der Waals surface area contributed by atoms with Gasteiger partial charge in [-0.05, 0) is 49.2 Å². The van der Waals surface area contributed by atoms with E-state index >= 15 is 0 Å². The molecule has 4 aromatic rings. The Morgan fingerprint density at radius 1 is 1.10 bits per heavy atom. The molecule has 2 aromatic heterocycles. The summed E-state index contributed by atoms with van der Waals surface area (Å²) in [7, 11) is 0. The number of aromatic amines is 1. The number of hydrogen-bond acceptors (Lipinski definition) is 5. The number of ether oxygens (including phenoxy) is 1. The Labute approximate surface area is 172 Å². The van der Waals surface area contributed by atoms with Crippen LogP contribution < -0.4 is 16.2 Å². The third kappa shape index (κ3) is 3.32. The van der Waals surface area contributed by atoms with Gasteiger partial charge in [0.15, 0.2) is 17.2 Å². The smallest absolute Gasteiger partial charge is 0.332 e. The number of benzene rings is 2. The molecule has 3 N–H and O–H groups in total. The van der Waals surface area contributed by atoms with Crippen LogP contribution in [0.15, 0.2) is 53.3 Å². The lowest BCUT2D eigenvalue weighted by Crippen LogP contribution is -2.16. The SMILES string of the molecule is CCOc1ccc(-c2nc(C(N)=O)c3[nH]c(=O)n(-c4ccccc4CC)c3n2)cc1. The van der Waals surface area contributed by atoms with Crippen LogP contribution in [-0.2, 0) is 6.42 Å². The van der Waals surface area contributed by atoms with E-state index in [1.807, 2.05) is 38.1 Å². The lowest BCUT2D eigenvalue weighted by molar-refractivity contribution is 0.0997. The zero-order chi connectivity index (χ0) is 21.3. The first-order chi connectivity index (χ1) is 14.5. The van der Waals surface area contributed by atoms with E-state index in [-0.39, 0.29) is 11.2 Å². The van der Waals surface area contributed by atoms with Gasteiger partial charge in [0.25, 0.3) is 5.91 Å². The second kappa shape index (κ2) is 7.82. The number of nitrogens with zero attached hydrogens (tertiary/aromatic N) is 3. The van der Waals surface area contributed by atoms with E-state index in [0.29, 0.717) is 35.1 Å². The molecule has 2 heterocycles. The van der Waals surface area contributed by atoms with Crippen molar-refractivity contribution in [3.05, 3.63) is 70.3 Å². The number of rotatable bonds is 6. The third-order valence-electron chi connectivity index (χ3n) is 4.81. The van der Waals surface area contributed by atoms with Gasteiger partial charge in [-0.1, -0.05) is 25.1 Å².